The van der Waals surface area contributed by atoms with E-state index in [-0.39, 0.29) is 5.91 Å². The molecule has 1 unspecified atom stereocenters. The number of benzene rings is 1. The highest BCUT2D eigenvalue weighted by atomic mass is 16.1. The Hall–Kier alpha value is -1.35. The molecule has 0 saturated carbocycles. The fraction of sp³-hybridized carbons (Fsp3) is 0.500. The molecular weight excluding hydrogens is 212 g/mol. The molecule has 3 heteroatoms. The van der Waals surface area contributed by atoms with Gasteiger partial charge in [-0.1, -0.05) is 32.0 Å². The molecule has 3 nitrogen and oxygen atoms in total. The van der Waals surface area contributed by atoms with Gasteiger partial charge in [0.05, 0.1) is 0 Å². The number of aryl methyl sites for hydroxylation is 2. The van der Waals surface area contributed by atoms with Crippen LogP contribution in [-0.4, -0.2) is 12.5 Å². The Bertz CT molecular complexity index is 379. The Morgan fingerprint density at radius 1 is 1.29 bits per heavy atom. The molecule has 17 heavy (non-hydrogen) atoms. The summed E-state index contributed by atoms with van der Waals surface area (Å²) in [4.78, 5) is 11.6. The third kappa shape index (κ3) is 3.56. The van der Waals surface area contributed by atoms with Crippen molar-refractivity contribution in [2.75, 3.05) is 6.54 Å². The van der Waals surface area contributed by atoms with Crippen molar-refractivity contribution in [3.05, 3.63) is 34.9 Å². The number of rotatable bonds is 5. The fourth-order valence-electron chi connectivity index (χ4n) is 1.98. The van der Waals surface area contributed by atoms with Crippen molar-refractivity contribution in [3.8, 4) is 0 Å². The van der Waals surface area contributed by atoms with Crippen molar-refractivity contribution in [2.24, 2.45) is 11.7 Å². The lowest BCUT2D eigenvalue weighted by molar-refractivity contribution is -0.120. The summed E-state index contributed by atoms with van der Waals surface area (Å²) in [6, 6.07) is 5.62. The van der Waals surface area contributed by atoms with Gasteiger partial charge < -0.3 is 11.1 Å². The van der Waals surface area contributed by atoms with E-state index in [2.05, 4.69) is 19.2 Å². The lowest BCUT2D eigenvalue weighted by Crippen LogP contribution is -2.36. The molecule has 1 amide bonds. The van der Waals surface area contributed by atoms with Crippen LogP contribution in [0.25, 0.3) is 0 Å². The van der Waals surface area contributed by atoms with Crippen LogP contribution in [0.1, 0.15) is 36.6 Å². The van der Waals surface area contributed by atoms with Gasteiger partial charge >= 0.3 is 0 Å². The predicted octanol–water partition coefficient (Wildman–Crippen LogP) is 2.08. The van der Waals surface area contributed by atoms with Gasteiger partial charge in [0.15, 0.2) is 0 Å². The molecular formula is C14H22N2O. The normalized spacial score (nSPS) is 12.8. The van der Waals surface area contributed by atoms with Gasteiger partial charge in [-0.3, -0.25) is 4.79 Å². The molecule has 94 valence electrons. The number of hydrogen-bond acceptors (Lipinski definition) is 2. The molecule has 0 aromatic heterocycles. The Morgan fingerprint density at radius 3 is 2.24 bits per heavy atom. The van der Waals surface area contributed by atoms with Crippen molar-refractivity contribution in [2.45, 2.75) is 33.7 Å². The topological polar surface area (TPSA) is 55.1 Å². The molecule has 0 aliphatic rings. The minimum Gasteiger partial charge on any atom is -0.368 e. The first kappa shape index (κ1) is 13.7. The van der Waals surface area contributed by atoms with Crippen LogP contribution in [0.4, 0.5) is 0 Å². The molecule has 0 bridgehead atoms. The Morgan fingerprint density at radius 2 is 1.82 bits per heavy atom. The zero-order valence-electron chi connectivity index (χ0n) is 11.1. The van der Waals surface area contributed by atoms with Gasteiger partial charge in [0.1, 0.15) is 6.04 Å². The summed E-state index contributed by atoms with van der Waals surface area (Å²) in [5, 5.41) is 3.24. The van der Waals surface area contributed by atoms with E-state index in [0.717, 1.165) is 23.2 Å². The molecule has 0 radical (unpaired) electrons. The SMILES string of the molecule is Cc1cccc(C)c1C(NCC(C)C)C(N)=O. The van der Waals surface area contributed by atoms with Gasteiger partial charge in [-0.15, -0.1) is 0 Å². The molecule has 3 N–H and O–H groups in total. The predicted molar refractivity (Wildman–Crippen MR) is 70.7 cm³/mol. The molecule has 0 heterocycles. The number of carbonyl (C=O) groups is 1. The molecule has 1 atom stereocenters. The molecule has 0 saturated heterocycles. The van der Waals surface area contributed by atoms with Crippen molar-refractivity contribution in [1.82, 2.24) is 5.32 Å². The van der Waals surface area contributed by atoms with E-state index >= 15 is 0 Å². The second-order valence-corrected chi connectivity index (χ2v) is 4.94. The van der Waals surface area contributed by atoms with E-state index in [0.29, 0.717) is 5.92 Å². The molecule has 0 spiro atoms. The fourth-order valence-corrected chi connectivity index (χ4v) is 1.98. The number of carbonyl (C=O) groups excluding carboxylic acids is 1. The molecule has 0 aliphatic carbocycles. The Balaban J connectivity index is 3.01. The number of hydrogen-bond donors (Lipinski definition) is 2. The third-order valence-corrected chi connectivity index (χ3v) is 2.85. The van der Waals surface area contributed by atoms with Crippen LogP contribution in [-0.2, 0) is 4.79 Å². The summed E-state index contributed by atoms with van der Waals surface area (Å²) in [6.07, 6.45) is 0. The second-order valence-electron chi connectivity index (χ2n) is 4.94. The Labute approximate surface area is 103 Å². The maximum atomic E-state index is 11.6. The minimum absolute atomic E-state index is 0.317. The number of nitrogens with two attached hydrogens (primary N) is 1. The standard InChI is InChI=1S/C14H22N2O/c1-9(2)8-16-13(14(15)17)12-10(3)6-5-7-11(12)4/h5-7,9,13,16H,8H2,1-4H3,(H2,15,17). The van der Waals surface area contributed by atoms with E-state index in [1.165, 1.54) is 0 Å². The monoisotopic (exact) mass is 234 g/mol. The maximum Gasteiger partial charge on any atom is 0.239 e. The van der Waals surface area contributed by atoms with Gasteiger partial charge in [0.2, 0.25) is 5.91 Å². The minimum atomic E-state index is -0.390. The lowest BCUT2D eigenvalue weighted by atomic mass is 9.95. The average Bonchev–Trinajstić information content (AvgIpc) is 2.21. The van der Waals surface area contributed by atoms with Crippen LogP contribution in [0.5, 0.6) is 0 Å². The van der Waals surface area contributed by atoms with Crippen molar-refractivity contribution in [3.63, 3.8) is 0 Å². The second kappa shape index (κ2) is 5.82. The third-order valence-electron chi connectivity index (χ3n) is 2.85. The molecule has 1 aromatic carbocycles. The van der Waals surface area contributed by atoms with E-state index < -0.39 is 6.04 Å². The summed E-state index contributed by atoms with van der Waals surface area (Å²) in [7, 11) is 0. The summed E-state index contributed by atoms with van der Waals surface area (Å²) in [6.45, 7) is 9.01. The van der Waals surface area contributed by atoms with E-state index in [4.69, 9.17) is 5.73 Å². The smallest absolute Gasteiger partial charge is 0.239 e. The van der Waals surface area contributed by atoms with Gasteiger partial charge in [0, 0.05) is 0 Å². The van der Waals surface area contributed by atoms with E-state index in [1.807, 2.05) is 32.0 Å². The summed E-state index contributed by atoms with van der Waals surface area (Å²) >= 11 is 0. The first-order valence-corrected chi connectivity index (χ1v) is 6.02. The largest absolute Gasteiger partial charge is 0.368 e. The highest BCUT2D eigenvalue weighted by Gasteiger charge is 2.20. The average molecular weight is 234 g/mol. The first-order valence-electron chi connectivity index (χ1n) is 6.02. The number of primary amides is 1. The van der Waals surface area contributed by atoms with Gasteiger partial charge in [-0.2, -0.15) is 0 Å². The van der Waals surface area contributed by atoms with Crippen LogP contribution in [0, 0.1) is 19.8 Å². The summed E-state index contributed by atoms with van der Waals surface area (Å²) < 4.78 is 0. The zero-order valence-corrected chi connectivity index (χ0v) is 11.1. The Kier molecular flexibility index (Phi) is 4.70. The highest BCUT2D eigenvalue weighted by molar-refractivity contribution is 5.82. The van der Waals surface area contributed by atoms with Crippen LogP contribution in [0.2, 0.25) is 0 Å². The van der Waals surface area contributed by atoms with Crippen LogP contribution >= 0.6 is 0 Å². The molecule has 1 aromatic rings. The maximum absolute atomic E-state index is 11.6. The number of amides is 1. The van der Waals surface area contributed by atoms with Gasteiger partial charge in [-0.05, 0) is 43.0 Å². The van der Waals surface area contributed by atoms with E-state index in [1.54, 1.807) is 0 Å². The molecule has 1 rings (SSSR count). The van der Waals surface area contributed by atoms with Gasteiger partial charge in [-0.25, -0.2) is 0 Å². The first-order chi connectivity index (χ1) is 7.93. The molecule has 0 aliphatic heterocycles. The van der Waals surface area contributed by atoms with Crippen molar-refractivity contribution >= 4 is 5.91 Å². The van der Waals surface area contributed by atoms with Crippen LogP contribution < -0.4 is 11.1 Å². The summed E-state index contributed by atoms with van der Waals surface area (Å²) in [5.74, 6) is 0.171. The number of nitrogens with one attached hydrogen (secondary N) is 1. The van der Waals surface area contributed by atoms with Crippen LogP contribution in [0.3, 0.4) is 0 Å². The summed E-state index contributed by atoms with van der Waals surface area (Å²) in [5.41, 5.74) is 8.71. The zero-order chi connectivity index (χ0) is 13.0. The molecule has 0 fully saturated rings. The van der Waals surface area contributed by atoms with Crippen molar-refractivity contribution < 1.29 is 4.79 Å². The van der Waals surface area contributed by atoms with Crippen LogP contribution in [0.15, 0.2) is 18.2 Å². The van der Waals surface area contributed by atoms with Crippen molar-refractivity contribution in [1.29, 1.82) is 0 Å². The van der Waals surface area contributed by atoms with Gasteiger partial charge in [0.25, 0.3) is 0 Å². The lowest BCUT2D eigenvalue weighted by Gasteiger charge is -2.21. The quantitative estimate of drug-likeness (QED) is 0.819. The highest BCUT2D eigenvalue weighted by Crippen LogP contribution is 2.21. The van der Waals surface area contributed by atoms with E-state index in [9.17, 15) is 4.79 Å².